The van der Waals surface area contributed by atoms with Gasteiger partial charge in [0.05, 0.1) is 5.69 Å². The van der Waals surface area contributed by atoms with E-state index in [0.29, 0.717) is 0 Å². The first-order valence-electron chi connectivity index (χ1n) is 6.06. The fraction of sp³-hybridized carbons (Fsp3) is 0.188. The first-order valence-corrected chi connectivity index (χ1v) is 6.06. The minimum atomic E-state index is 1.03. The van der Waals surface area contributed by atoms with Crippen molar-refractivity contribution in [2.75, 3.05) is 0 Å². The Bertz CT molecular complexity index is 445. The molecular weight excluding hydrogens is 206 g/mol. The van der Waals surface area contributed by atoms with Crippen LogP contribution in [0.5, 0.6) is 0 Å². The molecule has 0 N–H and O–H groups in total. The lowest BCUT2D eigenvalue weighted by molar-refractivity contribution is 0.845. The Morgan fingerprint density at radius 3 is 2.53 bits per heavy atom. The Morgan fingerprint density at radius 1 is 0.941 bits per heavy atom. The van der Waals surface area contributed by atoms with Crippen molar-refractivity contribution in [3.63, 3.8) is 0 Å². The van der Waals surface area contributed by atoms with E-state index in [1.54, 1.807) is 0 Å². The molecule has 0 spiro atoms. The summed E-state index contributed by atoms with van der Waals surface area (Å²) >= 11 is 0. The number of pyridine rings is 1. The van der Waals surface area contributed by atoms with Crippen LogP contribution in [0.3, 0.4) is 0 Å². The second kappa shape index (κ2) is 6.64. The van der Waals surface area contributed by atoms with Gasteiger partial charge in [-0.2, -0.15) is 0 Å². The summed E-state index contributed by atoms with van der Waals surface area (Å²) in [6.07, 6.45) is 9.55. The molecule has 0 radical (unpaired) electrons. The highest BCUT2D eigenvalue weighted by molar-refractivity contribution is 5.43. The molecule has 0 aliphatic rings. The molecule has 1 heterocycles. The zero-order chi connectivity index (χ0) is 11.8. The monoisotopic (exact) mass is 223 g/mol. The summed E-state index contributed by atoms with van der Waals surface area (Å²) in [5, 5.41) is 0. The molecule has 1 aromatic carbocycles. The highest BCUT2D eigenvalue weighted by Gasteiger charge is 1.90. The number of benzene rings is 1. The van der Waals surface area contributed by atoms with E-state index in [4.69, 9.17) is 0 Å². The van der Waals surface area contributed by atoms with Crippen LogP contribution in [0.25, 0.3) is 6.08 Å². The fourth-order valence-electron chi connectivity index (χ4n) is 1.75. The molecule has 2 aromatic rings. The molecule has 1 nitrogen and oxygen atoms in total. The molecule has 1 heteroatoms. The Labute approximate surface area is 103 Å². The van der Waals surface area contributed by atoms with Crippen molar-refractivity contribution in [1.29, 1.82) is 0 Å². The van der Waals surface area contributed by atoms with Crippen LogP contribution in [-0.4, -0.2) is 4.98 Å². The van der Waals surface area contributed by atoms with Gasteiger partial charge in [0.2, 0.25) is 0 Å². The van der Waals surface area contributed by atoms with Crippen LogP contribution in [0.2, 0.25) is 0 Å². The molecular formula is C16H17N. The van der Waals surface area contributed by atoms with Gasteiger partial charge in [-0.25, -0.2) is 0 Å². The van der Waals surface area contributed by atoms with Gasteiger partial charge >= 0.3 is 0 Å². The van der Waals surface area contributed by atoms with Gasteiger partial charge in [-0.15, -0.1) is 0 Å². The second-order valence-electron chi connectivity index (χ2n) is 4.03. The van der Waals surface area contributed by atoms with Crippen molar-refractivity contribution in [2.24, 2.45) is 0 Å². The molecule has 0 aliphatic heterocycles. The third-order valence-electron chi connectivity index (χ3n) is 2.66. The number of unbranched alkanes of at least 4 members (excludes halogenated alkanes) is 1. The normalized spacial score (nSPS) is 10.8. The van der Waals surface area contributed by atoms with Crippen LogP contribution >= 0.6 is 0 Å². The molecule has 17 heavy (non-hydrogen) atoms. The SMILES string of the molecule is C(=C\c1ccccn1)/CCCc1ccccc1. The number of nitrogens with zero attached hydrogens (tertiary/aromatic N) is 1. The van der Waals surface area contributed by atoms with Gasteiger partial charge < -0.3 is 0 Å². The first kappa shape index (κ1) is 11.6. The van der Waals surface area contributed by atoms with Crippen LogP contribution < -0.4 is 0 Å². The minimum absolute atomic E-state index is 1.03. The summed E-state index contributed by atoms with van der Waals surface area (Å²) in [4.78, 5) is 4.25. The summed E-state index contributed by atoms with van der Waals surface area (Å²) in [7, 11) is 0. The summed E-state index contributed by atoms with van der Waals surface area (Å²) in [5.41, 5.74) is 2.45. The third-order valence-corrected chi connectivity index (χ3v) is 2.66. The maximum absolute atomic E-state index is 4.25. The summed E-state index contributed by atoms with van der Waals surface area (Å²) in [6.45, 7) is 0. The average molecular weight is 223 g/mol. The van der Waals surface area contributed by atoms with Gasteiger partial charge in [-0.05, 0) is 43.0 Å². The van der Waals surface area contributed by atoms with Gasteiger partial charge in [-0.1, -0.05) is 42.5 Å². The molecule has 0 saturated carbocycles. The van der Waals surface area contributed by atoms with Crippen LogP contribution in [0.1, 0.15) is 24.1 Å². The van der Waals surface area contributed by atoms with Crippen LogP contribution in [0.15, 0.2) is 60.8 Å². The molecule has 0 bridgehead atoms. The van der Waals surface area contributed by atoms with E-state index < -0.39 is 0 Å². The third kappa shape index (κ3) is 4.23. The van der Waals surface area contributed by atoms with Crippen LogP contribution in [0.4, 0.5) is 0 Å². The molecule has 2 rings (SSSR count). The predicted octanol–water partition coefficient (Wildman–Crippen LogP) is 4.12. The van der Waals surface area contributed by atoms with Crippen molar-refractivity contribution in [3.05, 3.63) is 72.1 Å². The topological polar surface area (TPSA) is 12.9 Å². The number of rotatable bonds is 5. The highest BCUT2D eigenvalue weighted by atomic mass is 14.6. The summed E-state index contributed by atoms with van der Waals surface area (Å²) < 4.78 is 0. The maximum Gasteiger partial charge on any atom is 0.0626 e. The quantitative estimate of drug-likeness (QED) is 0.695. The van der Waals surface area contributed by atoms with Gasteiger partial charge in [-0.3, -0.25) is 4.98 Å². The van der Waals surface area contributed by atoms with E-state index in [1.807, 2.05) is 24.4 Å². The summed E-state index contributed by atoms with van der Waals surface area (Å²) in [6, 6.07) is 16.6. The standard InChI is InChI=1S/C16H17N/c1-3-9-15(10-4-1)11-5-2-6-12-16-13-7-8-14-17-16/h1,3-4,6-10,12-14H,2,5,11H2/b12-6+. The van der Waals surface area contributed by atoms with E-state index >= 15 is 0 Å². The zero-order valence-electron chi connectivity index (χ0n) is 9.92. The molecule has 0 saturated heterocycles. The van der Waals surface area contributed by atoms with Gasteiger partial charge in [0.25, 0.3) is 0 Å². The van der Waals surface area contributed by atoms with E-state index in [9.17, 15) is 0 Å². The van der Waals surface area contributed by atoms with Crippen molar-refractivity contribution in [3.8, 4) is 0 Å². The van der Waals surface area contributed by atoms with Crippen LogP contribution in [0, 0.1) is 0 Å². The molecule has 1 aromatic heterocycles. The lowest BCUT2D eigenvalue weighted by Gasteiger charge is -1.98. The van der Waals surface area contributed by atoms with Gasteiger partial charge in [0, 0.05) is 6.20 Å². The molecule has 86 valence electrons. The zero-order valence-corrected chi connectivity index (χ0v) is 9.92. The lowest BCUT2D eigenvalue weighted by Crippen LogP contribution is -1.83. The van der Waals surface area contributed by atoms with Crippen molar-refractivity contribution in [1.82, 2.24) is 4.98 Å². The minimum Gasteiger partial charge on any atom is -0.257 e. The van der Waals surface area contributed by atoms with Crippen molar-refractivity contribution < 1.29 is 0 Å². The largest absolute Gasteiger partial charge is 0.257 e. The number of hydrogen-bond donors (Lipinski definition) is 0. The molecule has 0 aliphatic carbocycles. The molecule has 0 fully saturated rings. The van der Waals surface area contributed by atoms with E-state index in [0.717, 1.165) is 18.5 Å². The number of hydrogen-bond acceptors (Lipinski definition) is 1. The Kier molecular flexibility index (Phi) is 4.53. The van der Waals surface area contributed by atoms with Crippen molar-refractivity contribution in [2.45, 2.75) is 19.3 Å². The van der Waals surface area contributed by atoms with E-state index in [1.165, 1.54) is 12.0 Å². The van der Waals surface area contributed by atoms with Crippen LogP contribution in [-0.2, 0) is 6.42 Å². The van der Waals surface area contributed by atoms with Crippen molar-refractivity contribution >= 4 is 6.08 Å². The number of allylic oxidation sites excluding steroid dienone is 1. The fourth-order valence-corrected chi connectivity index (χ4v) is 1.75. The number of aryl methyl sites for hydroxylation is 1. The Balaban J connectivity index is 1.72. The molecule has 0 unspecified atom stereocenters. The summed E-state index contributed by atoms with van der Waals surface area (Å²) in [5.74, 6) is 0. The van der Waals surface area contributed by atoms with E-state index in [-0.39, 0.29) is 0 Å². The maximum atomic E-state index is 4.25. The average Bonchev–Trinajstić information content (AvgIpc) is 2.41. The van der Waals surface area contributed by atoms with Gasteiger partial charge in [0.1, 0.15) is 0 Å². The Hall–Kier alpha value is -1.89. The number of aromatic nitrogens is 1. The molecule has 0 atom stereocenters. The first-order chi connectivity index (χ1) is 8.45. The second-order valence-corrected chi connectivity index (χ2v) is 4.03. The highest BCUT2D eigenvalue weighted by Crippen LogP contribution is 2.06. The lowest BCUT2D eigenvalue weighted by atomic mass is 10.1. The smallest absolute Gasteiger partial charge is 0.0626 e. The van der Waals surface area contributed by atoms with E-state index in [2.05, 4.69) is 47.5 Å². The molecule has 0 amide bonds. The Morgan fingerprint density at radius 2 is 1.76 bits per heavy atom. The van der Waals surface area contributed by atoms with Gasteiger partial charge in [0.15, 0.2) is 0 Å². The predicted molar refractivity (Wildman–Crippen MR) is 72.7 cm³/mol.